The lowest BCUT2D eigenvalue weighted by atomic mass is 10.1. The van der Waals surface area contributed by atoms with Crippen LogP contribution < -0.4 is 15.7 Å². The van der Waals surface area contributed by atoms with E-state index in [4.69, 9.17) is 23.2 Å². The zero-order valence-electron chi connectivity index (χ0n) is 21.9. The quantitative estimate of drug-likeness (QED) is 0.267. The second kappa shape index (κ2) is 12.2. The van der Waals surface area contributed by atoms with Crippen molar-refractivity contribution in [2.24, 2.45) is 4.99 Å². The van der Waals surface area contributed by atoms with Crippen LogP contribution in [-0.4, -0.2) is 77.8 Å². The number of aromatic nitrogens is 1. The molecule has 0 spiro atoms. The first-order valence-electron chi connectivity index (χ1n) is 12.7. The minimum Gasteiger partial charge on any atom is -0.347 e. The van der Waals surface area contributed by atoms with Crippen molar-refractivity contribution in [1.29, 1.82) is 0 Å². The summed E-state index contributed by atoms with van der Waals surface area (Å²) >= 11 is 12.8. The predicted octanol–water partition coefficient (Wildman–Crippen LogP) is 3.02. The van der Waals surface area contributed by atoms with Crippen molar-refractivity contribution >= 4 is 62.8 Å². The Morgan fingerprint density at radius 2 is 1.76 bits per heavy atom. The fourth-order valence-electron chi connectivity index (χ4n) is 4.75. The lowest BCUT2D eigenvalue weighted by molar-refractivity contribution is -0.144. The van der Waals surface area contributed by atoms with E-state index < -0.39 is 27.6 Å². The van der Waals surface area contributed by atoms with Gasteiger partial charge < -0.3 is 5.32 Å². The first-order valence-corrected chi connectivity index (χ1v) is 14.9. The molecule has 0 bridgehead atoms. The number of pyridine rings is 1. The molecule has 3 N–H and O–H groups in total. The van der Waals surface area contributed by atoms with Gasteiger partial charge in [-0.1, -0.05) is 47.5 Å². The third kappa shape index (κ3) is 5.50. The Morgan fingerprint density at radius 1 is 1.02 bits per heavy atom. The maximum Gasteiger partial charge on any atom is 0.308 e. The Hall–Kier alpha value is -3.85. The van der Waals surface area contributed by atoms with Gasteiger partial charge >= 0.3 is 5.91 Å². The minimum atomic E-state index is -4.17. The first-order chi connectivity index (χ1) is 20.2. The number of aliphatic imine (C=N–C) groups is 1. The van der Waals surface area contributed by atoms with Crippen LogP contribution in [0.15, 0.2) is 89.0 Å². The molecule has 2 aliphatic rings. The molecular formula is C27H25Cl2N7O5S. The molecule has 1 atom stereocenters. The van der Waals surface area contributed by atoms with Gasteiger partial charge in [0.2, 0.25) is 10.0 Å². The Kier molecular flexibility index (Phi) is 8.59. The summed E-state index contributed by atoms with van der Waals surface area (Å²) in [6.07, 6.45) is 5.96. The molecular weight excluding hydrogens is 605 g/mol. The SMILES string of the molecule is O=C(c1cccc(S(=O)(=O)N2CCN(C3(C(=O)NO)N=CC=CN3)CC2)c1Cl)N(c1ccccc1)c1cc(Cl)ccn1. The van der Waals surface area contributed by atoms with Crippen molar-refractivity contribution in [2.75, 3.05) is 31.1 Å². The van der Waals surface area contributed by atoms with E-state index in [2.05, 4.69) is 15.3 Å². The van der Waals surface area contributed by atoms with Crippen LogP contribution in [0.25, 0.3) is 0 Å². The number of carbonyl (C=O) groups is 2. The molecule has 218 valence electrons. The van der Waals surface area contributed by atoms with E-state index in [-0.39, 0.29) is 47.5 Å². The van der Waals surface area contributed by atoms with Crippen LogP contribution in [0.2, 0.25) is 10.0 Å². The van der Waals surface area contributed by atoms with Gasteiger partial charge in [0, 0.05) is 55.9 Å². The summed E-state index contributed by atoms with van der Waals surface area (Å²) in [5.41, 5.74) is 2.04. The smallest absolute Gasteiger partial charge is 0.308 e. The number of benzene rings is 2. The van der Waals surface area contributed by atoms with E-state index >= 15 is 0 Å². The van der Waals surface area contributed by atoms with Gasteiger partial charge in [0.25, 0.3) is 11.7 Å². The second-order valence-electron chi connectivity index (χ2n) is 9.21. The fraction of sp³-hybridized carbons (Fsp3) is 0.185. The van der Waals surface area contributed by atoms with Crippen molar-refractivity contribution in [1.82, 2.24) is 25.0 Å². The number of nitrogens with one attached hydrogen (secondary N) is 2. The van der Waals surface area contributed by atoms with Gasteiger partial charge in [-0.3, -0.25) is 24.6 Å². The molecule has 2 aromatic carbocycles. The van der Waals surface area contributed by atoms with Crippen LogP contribution in [-0.2, 0) is 14.8 Å². The average molecular weight is 631 g/mol. The highest BCUT2D eigenvalue weighted by molar-refractivity contribution is 7.89. The molecule has 1 aromatic heterocycles. The van der Waals surface area contributed by atoms with E-state index in [1.807, 2.05) is 0 Å². The number of hydrogen-bond donors (Lipinski definition) is 3. The number of allylic oxidation sites excluding steroid dienone is 1. The molecule has 1 saturated heterocycles. The summed E-state index contributed by atoms with van der Waals surface area (Å²) in [6, 6.07) is 16.0. The molecule has 0 radical (unpaired) electrons. The van der Waals surface area contributed by atoms with Gasteiger partial charge in [-0.05, 0) is 36.4 Å². The molecule has 5 rings (SSSR count). The molecule has 0 aliphatic carbocycles. The number of rotatable bonds is 7. The van der Waals surface area contributed by atoms with Gasteiger partial charge in [0.15, 0.2) is 0 Å². The third-order valence-corrected chi connectivity index (χ3v) is 9.50. The van der Waals surface area contributed by atoms with Crippen LogP contribution in [0.4, 0.5) is 11.5 Å². The van der Waals surface area contributed by atoms with Crippen LogP contribution in [0.3, 0.4) is 0 Å². The molecule has 2 aliphatic heterocycles. The van der Waals surface area contributed by atoms with Gasteiger partial charge in [-0.25, -0.2) is 23.9 Å². The van der Waals surface area contributed by atoms with Gasteiger partial charge in [0.05, 0.1) is 16.3 Å². The molecule has 15 heteroatoms. The number of halogens is 2. The molecule has 2 amide bonds. The van der Waals surface area contributed by atoms with Gasteiger partial charge in [-0.15, -0.1) is 0 Å². The van der Waals surface area contributed by atoms with Crippen LogP contribution in [0.1, 0.15) is 10.4 Å². The molecule has 42 heavy (non-hydrogen) atoms. The Balaban J connectivity index is 1.43. The van der Waals surface area contributed by atoms with E-state index in [1.165, 1.54) is 52.1 Å². The van der Waals surface area contributed by atoms with Crippen molar-refractivity contribution in [3.05, 3.63) is 94.7 Å². The van der Waals surface area contributed by atoms with Crippen molar-refractivity contribution in [2.45, 2.75) is 10.7 Å². The summed E-state index contributed by atoms with van der Waals surface area (Å²) in [7, 11) is -4.17. The average Bonchev–Trinajstić information content (AvgIpc) is 3.01. The maximum atomic E-state index is 13.9. The number of para-hydroxylation sites is 1. The highest BCUT2D eigenvalue weighted by Crippen LogP contribution is 2.34. The summed E-state index contributed by atoms with van der Waals surface area (Å²) in [6.45, 7) is 0.175. The number of sulfonamides is 1. The molecule has 12 nitrogen and oxygen atoms in total. The monoisotopic (exact) mass is 629 g/mol. The zero-order chi connectivity index (χ0) is 29.9. The van der Waals surface area contributed by atoms with Crippen LogP contribution >= 0.6 is 23.2 Å². The predicted molar refractivity (Wildman–Crippen MR) is 157 cm³/mol. The number of piperazine rings is 1. The topological polar surface area (TPSA) is 148 Å². The van der Waals surface area contributed by atoms with Gasteiger partial charge in [0.1, 0.15) is 10.7 Å². The Labute approximate surface area is 251 Å². The lowest BCUT2D eigenvalue weighted by Crippen LogP contribution is -2.68. The molecule has 3 heterocycles. The zero-order valence-corrected chi connectivity index (χ0v) is 24.2. The molecule has 1 fully saturated rings. The normalized spacial score (nSPS) is 19.2. The van der Waals surface area contributed by atoms with Crippen LogP contribution in [0.5, 0.6) is 0 Å². The number of anilines is 2. The van der Waals surface area contributed by atoms with Crippen LogP contribution in [0, 0.1) is 0 Å². The first kappa shape index (κ1) is 29.6. The maximum absolute atomic E-state index is 13.9. The summed E-state index contributed by atoms with van der Waals surface area (Å²) in [5, 5.41) is 12.2. The van der Waals surface area contributed by atoms with E-state index in [1.54, 1.807) is 52.9 Å². The number of hydroxylamine groups is 1. The summed E-state index contributed by atoms with van der Waals surface area (Å²) < 4.78 is 28.8. The van der Waals surface area contributed by atoms with Crippen molar-refractivity contribution in [3.63, 3.8) is 0 Å². The Morgan fingerprint density at radius 3 is 2.40 bits per heavy atom. The van der Waals surface area contributed by atoms with E-state index in [9.17, 15) is 23.2 Å². The highest BCUT2D eigenvalue weighted by Gasteiger charge is 2.46. The highest BCUT2D eigenvalue weighted by atomic mass is 35.5. The fourth-order valence-corrected chi connectivity index (χ4v) is 6.91. The number of nitrogens with zero attached hydrogens (tertiary/aromatic N) is 5. The summed E-state index contributed by atoms with van der Waals surface area (Å²) in [5.74, 6) is -2.81. The molecule has 1 unspecified atom stereocenters. The number of amides is 2. The van der Waals surface area contributed by atoms with Gasteiger partial charge in [-0.2, -0.15) is 4.31 Å². The van der Waals surface area contributed by atoms with Crippen molar-refractivity contribution in [3.8, 4) is 0 Å². The lowest BCUT2D eigenvalue weighted by Gasteiger charge is -2.43. The summed E-state index contributed by atoms with van der Waals surface area (Å²) in [4.78, 5) is 37.6. The standard InChI is InChI=1S/C27H25Cl2N7O5S/c28-19-10-13-30-23(18-19)36(20-6-2-1-3-7-20)25(37)21-8-4-9-22(24(21)29)42(40,41)35-16-14-34(15-17-35)27(26(38)33-39)31-11-5-12-32-27/h1-13,18,31,39H,14-17H2,(H,33,38). The van der Waals surface area contributed by atoms with E-state index in [0.717, 1.165) is 0 Å². The largest absolute Gasteiger partial charge is 0.347 e. The number of hydrogen-bond acceptors (Lipinski definition) is 9. The molecule has 0 saturated carbocycles. The number of carbonyl (C=O) groups excluding carboxylic acids is 2. The second-order valence-corrected chi connectivity index (χ2v) is 11.9. The molecule has 3 aromatic rings. The van der Waals surface area contributed by atoms with E-state index in [0.29, 0.717) is 10.7 Å². The Bertz CT molecular complexity index is 1660. The third-order valence-electron chi connectivity index (χ3n) is 6.81. The minimum absolute atomic E-state index is 0.0131. The van der Waals surface area contributed by atoms with Crippen molar-refractivity contribution < 1.29 is 23.2 Å².